The zero-order valence-corrected chi connectivity index (χ0v) is 20.7. The molecule has 0 spiro atoms. The predicted octanol–water partition coefficient (Wildman–Crippen LogP) is 3.41. The van der Waals surface area contributed by atoms with Crippen LogP contribution in [-0.2, 0) is 14.8 Å². The fourth-order valence-corrected chi connectivity index (χ4v) is 6.39. The Bertz CT molecular complexity index is 1010. The molecule has 2 N–H and O–H groups in total. The van der Waals surface area contributed by atoms with Crippen molar-refractivity contribution in [3.05, 3.63) is 52.2 Å². The second-order valence-electron chi connectivity index (χ2n) is 8.97. The summed E-state index contributed by atoms with van der Waals surface area (Å²) in [6, 6.07) is 10.5. The number of benzene rings is 1. The molecular weight excluding hydrogens is 458 g/mol. The Balaban J connectivity index is 1.40. The minimum atomic E-state index is -3.71. The van der Waals surface area contributed by atoms with Crippen LogP contribution in [0, 0.1) is 5.92 Å². The number of nitrogens with zero attached hydrogens (tertiary/aromatic N) is 1. The van der Waals surface area contributed by atoms with Gasteiger partial charge in [0.2, 0.25) is 10.0 Å². The zero-order valence-electron chi connectivity index (χ0n) is 19.0. The first-order chi connectivity index (χ1) is 15.9. The number of piperidine rings is 1. The summed E-state index contributed by atoms with van der Waals surface area (Å²) in [6.45, 7) is 5.73. The summed E-state index contributed by atoms with van der Waals surface area (Å²) < 4.78 is 33.5. The SMILES string of the molecule is CC1CCN(C(CNC(=O)c2cccc(S(=O)(=O)NCC3CCCO3)c2)c2cccs2)CC1. The van der Waals surface area contributed by atoms with Crippen LogP contribution in [0.15, 0.2) is 46.7 Å². The van der Waals surface area contributed by atoms with Gasteiger partial charge in [-0.3, -0.25) is 9.69 Å². The first-order valence-corrected chi connectivity index (χ1v) is 14.1. The normalized spacial score (nSPS) is 21.2. The highest BCUT2D eigenvalue weighted by molar-refractivity contribution is 7.89. The molecule has 0 aliphatic carbocycles. The lowest BCUT2D eigenvalue weighted by Crippen LogP contribution is -2.41. The number of thiophene rings is 1. The third kappa shape index (κ3) is 6.42. The number of carbonyl (C=O) groups excluding carboxylic acids is 1. The van der Waals surface area contributed by atoms with E-state index < -0.39 is 10.0 Å². The van der Waals surface area contributed by atoms with Crippen molar-refractivity contribution in [2.45, 2.75) is 49.6 Å². The van der Waals surface area contributed by atoms with Crippen LogP contribution < -0.4 is 10.0 Å². The van der Waals surface area contributed by atoms with Crippen molar-refractivity contribution in [2.75, 3.05) is 32.8 Å². The lowest BCUT2D eigenvalue weighted by molar-refractivity contribution is 0.0914. The summed E-state index contributed by atoms with van der Waals surface area (Å²) in [6.07, 6.45) is 4.04. The molecule has 3 heterocycles. The van der Waals surface area contributed by atoms with E-state index in [2.05, 4.69) is 33.3 Å². The van der Waals surface area contributed by atoms with E-state index in [1.807, 2.05) is 6.07 Å². The van der Waals surface area contributed by atoms with Crippen LogP contribution in [0.3, 0.4) is 0 Å². The molecule has 1 amide bonds. The topological polar surface area (TPSA) is 87.7 Å². The van der Waals surface area contributed by atoms with Gasteiger partial charge in [0.05, 0.1) is 17.0 Å². The molecule has 33 heavy (non-hydrogen) atoms. The summed E-state index contributed by atoms with van der Waals surface area (Å²) in [4.78, 5) is 16.7. The maximum Gasteiger partial charge on any atom is 0.251 e. The summed E-state index contributed by atoms with van der Waals surface area (Å²) in [7, 11) is -3.71. The molecule has 2 aliphatic heterocycles. The molecule has 2 aromatic rings. The third-order valence-electron chi connectivity index (χ3n) is 6.52. The van der Waals surface area contributed by atoms with E-state index in [-0.39, 0.29) is 29.5 Å². The van der Waals surface area contributed by atoms with E-state index in [9.17, 15) is 13.2 Å². The molecule has 2 fully saturated rings. The maximum absolute atomic E-state index is 12.9. The second kappa shape index (κ2) is 11.1. The third-order valence-corrected chi connectivity index (χ3v) is 8.91. The Kier molecular flexibility index (Phi) is 8.19. The molecule has 0 bridgehead atoms. The average molecular weight is 492 g/mol. The van der Waals surface area contributed by atoms with Gasteiger partial charge in [0.1, 0.15) is 0 Å². The fraction of sp³-hybridized carbons (Fsp3) is 0.542. The molecule has 2 saturated heterocycles. The summed E-state index contributed by atoms with van der Waals surface area (Å²) in [5.41, 5.74) is 0.340. The largest absolute Gasteiger partial charge is 0.377 e. The molecule has 7 nitrogen and oxygen atoms in total. The molecule has 2 atom stereocenters. The number of nitrogens with one attached hydrogen (secondary N) is 2. The van der Waals surface area contributed by atoms with Crippen LogP contribution in [0.25, 0.3) is 0 Å². The van der Waals surface area contributed by atoms with Crippen LogP contribution >= 0.6 is 11.3 Å². The second-order valence-corrected chi connectivity index (χ2v) is 11.7. The van der Waals surface area contributed by atoms with Gasteiger partial charge in [-0.05, 0) is 74.3 Å². The van der Waals surface area contributed by atoms with Gasteiger partial charge in [-0.1, -0.05) is 19.1 Å². The molecule has 1 aromatic heterocycles. The van der Waals surface area contributed by atoms with E-state index in [1.165, 1.54) is 17.0 Å². The molecule has 2 aliphatic rings. The highest BCUT2D eigenvalue weighted by atomic mass is 32.2. The van der Waals surface area contributed by atoms with Gasteiger partial charge < -0.3 is 10.1 Å². The Hall–Kier alpha value is -1.78. The quantitative estimate of drug-likeness (QED) is 0.561. The van der Waals surface area contributed by atoms with Gasteiger partial charge in [0, 0.05) is 30.1 Å². The summed E-state index contributed by atoms with van der Waals surface area (Å²) >= 11 is 1.70. The van der Waals surface area contributed by atoms with Crippen LogP contribution in [0.1, 0.15) is 53.9 Å². The number of carbonyl (C=O) groups is 1. The Morgan fingerprint density at radius 2 is 2.03 bits per heavy atom. The molecule has 9 heteroatoms. The molecule has 2 unspecified atom stereocenters. The van der Waals surface area contributed by atoms with Gasteiger partial charge in [-0.15, -0.1) is 11.3 Å². The molecule has 0 saturated carbocycles. The van der Waals surface area contributed by atoms with Crippen LogP contribution in [0.2, 0.25) is 0 Å². The number of ether oxygens (including phenoxy) is 1. The number of likely N-dealkylation sites (tertiary alicyclic amines) is 1. The number of hydrogen-bond acceptors (Lipinski definition) is 6. The minimum Gasteiger partial charge on any atom is -0.377 e. The number of sulfonamides is 1. The lowest BCUT2D eigenvalue weighted by Gasteiger charge is -2.36. The van der Waals surface area contributed by atoms with E-state index in [0.29, 0.717) is 18.7 Å². The predicted molar refractivity (Wildman–Crippen MR) is 130 cm³/mol. The van der Waals surface area contributed by atoms with Crippen LogP contribution in [0.4, 0.5) is 0 Å². The van der Waals surface area contributed by atoms with Gasteiger partial charge in [-0.25, -0.2) is 13.1 Å². The minimum absolute atomic E-state index is 0.0850. The summed E-state index contributed by atoms with van der Waals surface area (Å²) in [5, 5.41) is 5.11. The van der Waals surface area contributed by atoms with Gasteiger partial charge in [0.25, 0.3) is 5.91 Å². The van der Waals surface area contributed by atoms with Crippen molar-refractivity contribution in [1.82, 2.24) is 14.9 Å². The first kappa shape index (κ1) is 24.3. The van der Waals surface area contributed by atoms with E-state index in [4.69, 9.17) is 4.74 Å². The number of hydrogen-bond donors (Lipinski definition) is 2. The Morgan fingerprint density at radius 1 is 1.21 bits per heavy atom. The van der Waals surface area contributed by atoms with Crippen LogP contribution in [-0.4, -0.2) is 58.1 Å². The molecule has 180 valence electrons. The van der Waals surface area contributed by atoms with E-state index in [1.54, 1.807) is 23.5 Å². The van der Waals surface area contributed by atoms with Crippen molar-refractivity contribution in [3.63, 3.8) is 0 Å². The Morgan fingerprint density at radius 3 is 2.73 bits per heavy atom. The number of amides is 1. The maximum atomic E-state index is 12.9. The molecule has 4 rings (SSSR count). The number of rotatable bonds is 9. The van der Waals surface area contributed by atoms with Crippen molar-refractivity contribution < 1.29 is 17.9 Å². The van der Waals surface area contributed by atoms with Gasteiger partial charge in [-0.2, -0.15) is 0 Å². The van der Waals surface area contributed by atoms with Crippen molar-refractivity contribution >= 4 is 27.3 Å². The van der Waals surface area contributed by atoms with E-state index >= 15 is 0 Å². The smallest absolute Gasteiger partial charge is 0.251 e. The van der Waals surface area contributed by atoms with Gasteiger partial charge in [0.15, 0.2) is 0 Å². The van der Waals surface area contributed by atoms with Crippen molar-refractivity contribution in [2.24, 2.45) is 5.92 Å². The highest BCUT2D eigenvalue weighted by Crippen LogP contribution is 2.29. The standard InChI is InChI=1S/C24H33N3O4S2/c1-18-9-11-27(12-10-18)22(23-8-4-14-32-23)17-25-24(28)19-5-2-7-21(15-19)33(29,30)26-16-20-6-3-13-31-20/h2,4-5,7-8,14-15,18,20,22,26H,3,6,9-13,16-17H2,1H3,(H,25,28). The fourth-order valence-electron chi connectivity index (χ4n) is 4.42. The highest BCUT2D eigenvalue weighted by Gasteiger charge is 2.26. The van der Waals surface area contributed by atoms with Crippen LogP contribution in [0.5, 0.6) is 0 Å². The lowest BCUT2D eigenvalue weighted by atomic mass is 9.97. The average Bonchev–Trinajstić information content (AvgIpc) is 3.54. The van der Waals surface area contributed by atoms with Crippen molar-refractivity contribution in [1.29, 1.82) is 0 Å². The Labute approximate surface area is 200 Å². The van der Waals surface area contributed by atoms with Crippen molar-refractivity contribution in [3.8, 4) is 0 Å². The van der Waals surface area contributed by atoms with E-state index in [0.717, 1.165) is 44.7 Å². The zero-order chi connectivity index (χ0) is 23.3. The molecule has 0 radical (unpaired) electrons. The first-order valence-electron chi connectivity index (χ1n) is 11.7. The monoisotopic (exact) mass is 491 g/mol. The van der Waals surface area contributed by atoms with Gasteiger partial charge >= 0.3 is 0 Å². The molecule has 1 aromatic carbocycles. The molecular formula is C24H33N3O4S2. The summed E-state index contributed by atoms with van der Waals surface area (Å²) in [5.74, 6) is 0.469.